The molecule has 1 unspecified atom stereocenters. The first-order valence-electron chi connectivity index (χ1n) is 10.3. The van der Waals surface area contributed by atoms with Crippen LogP contribution >= 0.6 is 11.6 Å². The van der Waals surface area contributed by atoms with Gasteiger partial charge in [0, 0.05) is 11.6 Å². The average molecular weight is 505 g/mol. The lowest BCUT2D eigenvalue weighted by atomic mass is 10.1. The van der Waals surface area contributed by atoms with E-state index in [1.165, 1.54) is 12.1 Å². The monoisotopic (exact) mass is 504 g/mol. The first-order chi connectivity index (χ1) is 16.2. The molecule has 0 bridgehead atoms. The summed E-state index contributed by atoms with van der Waals surface area (Å²) >= 11 is 6.03. The van der Waals surface area contributed by atoms with Crippen LogP contribution in [0.3, 0.4) is 0 Å². The highest BCUT2D eigenvalue weighted by Crippen LogP contribution is 2.30. The molecule has 0 saturated carbocycles. The van der Waals surface area contributed by atoms with Crippen LogP contribution in [0.15, 0.2) is 77.7 Å². The third-order valence-electron chi connectivity index (χ3n) is 5.49. The zero-order valence-electron chi connectivity index (χ0n) is 17.7. The number of imide groups is 1. The molecule has 4 rings (SSSR count). The lowest BCUT2D eigenvalue weighted by molar-refractivity contribution is -0.122. The molecule has 1 fully saturated rings. The van der Waals surface area contributed by atoms with Crippen LogP contribution in [0.2, 0.25) is 5.02 Å². The van der Waals surface area contributed by atoms with Crippen molar-refractivity contribution >= 4 is 39.1 Å². The van der Waals surface area contributed by atoms with Crippen LogP contribution in [0, 0.1) is 11.6 Å². The Morgan fingerprint density at radius 1 is 0.941 bits per heavy atom. The van der Waals surface area contributed by atoms with Gasteiger partial charge in [-0.2, -0.15) is 4.31 Å². The van der Waals surface area contributed by atoms with Crippen LogP contribution in [0.5, 0.6) is 0 Å². The second-order valence-corrected chi connectivity index (χ2v) is 10.0. The molecule has 1 heterocycles. The van der Waals surface area contributed by atoms with E-state index in [0.29, 0.717) is 5.02 Å². The quantitative estimate of drug-likeness (QED) is 0.452. The van der Waals surface area contributed by atoms with Gasteiger partial charge < -0.3 is 0 Å². The van der Waals surface area contributed by atoms with Gasteiger partial charge in [0.2, 0.25) is 15.9 Å². The molecule has 2 amide bonds. The highest BCUT2D eigenvalue weighted by atomic mass is 35.5. The van der Waals surface area contributed by atoms with Gasteiger partial charge in [0.25, 0.3) is 5.91 Å². The number of carbonyl (C=O) groups excluding carboxylic acids is 2. The second-order valence-electron chi connectivity index (χ2n) is 7.71. The predicted octanol–water partition coefficient (Wildman–Crippen LogP) is 4.18. The molecule has 0 aromatic heterocycles. The van der Waals surface area contributed by atoms with Gasteiger partial charge in [-0.15, -0.1) is 0 Å². The summed E-state index contributed by atoms with van der Waals surface area (Å²) in [7, 11) is -4.28. The number of carbonyl (C=O) groups is 2. The van der Waals surface area contributed by atoms with Gasteiger partial charge in [0.1, 0.15) is 17.7 Å². The van der Waals surface area contributed by atoms with E-state index < -0.39 is 39.5 Å². The highest BCUT2D eigenvalue weighted by molar-refractivity contribution is 7.89. The van der Waals surface area contributed by atoms with E-state index in [1.54, 1.807) is 24.3 Å². The number of halogens is 3. The molecule has 1 aliphatic heterocycles. The molecule has 176 valence electrons. The Kier molecular flexibility index (Phi) is 6.79. The second kappa shape index (κ2) is 9.61. The molecule has 3 aromatic rings. The van der Waals surface area contributed by atoms with Crippen molar-refractivity contribution in [3.05, 3.63) is 95.0 Å². The fourth-order valence-electron chi connectivity index (χ4n) is 3.82. The maximum absolute atomic E-state index is 13.5. The molecule has 0 radical (unpaired) electrons. The summed E-state index contributed by atoms with van der Waals surface area (Å²) in [4.78, 5) is 26.6. The summed E-state index contributed by atoms with van der Waals surface area (Å²) in [6, 6.07) is 14.5. The number of anilines is 1. The zero-order chi connectivity index (χ0) is 24.5. The maximum atomic E-state index is 13.5. The number of rotatable bonds is 7. The van der Waals surface area contributed by atoms with Crippen LogP contribution < -0.4 is 4.90 Å². The lowest BCUT2D eigenvalue weighted by Crippen LogP contribution is -2.46. The van der Waals surface area contributed by atoms with Gasteiger partial charge in [-0.05, 0) is 72.6 Å². The molecule has 3 aromatic carbocycles. The summed E-state index contributed by atoms with van der Waals surface area (Å²) in [6.07, 6.45) is -0.165. The third kappa shape index (κ3) is 4.86. The van der Waals surface area contributed by atoms with Crippen LogP contribution in [0.1, 0.15) is 12.0 Å². The van der Waals surface area contributed by atoms with Gasteiger partial charge in [0.15, 0.2) is 0 Å². The Hall–Kier alpha value is -3.14. The number of hydrogen-bond donors (Lipinski definition) is 0. The molecule has 34 heavy (non-hydrogen) atoms. The molecule has 6 nitrogen and oxygen atoms in total. The largest absolute Gasteiger partial charge is 0.274 e. The maximum Gasteiger partial charge on any atom is 0.252 e. The minimum atomic E-state index is -4.28. The summed E-state index contributed by atoms with van der Waals surface area (Å²) in [5.74, 6) is -2.50. The van der Waals surface area contributed by atoms with Crippen LogP contribution in [-0.2, 0) is 26.0 Å². The Morgan fingerprint density at radius 2 is 1.56 bits per heavy atom. The third-order valence-corrected chi connectivity index (χ3v) is 7.64. The topological polar surface area (TPSA) is 74.8 Å². The molecular formula is C24H19ClF2N2O4S. The van der Waals surface area contributed by atoms with Gasteiger partial charge in [0.05, 0.1) is 17.0 Å². The molecule has 0 spiro atoms. The van der Waals surface area contributed by atoms with Crippen molar-refractivity contribution in [1.82, 2.24) is 4.31 Å². The smallest absolute Gasteiger partial charge is 0.252 e. The average Bonchev–Trinajstić information content (AvgIpc) is 3.08. The van der Waals surface area contributed by atoms with Crippen LogP contribution in [0.4, 0.5) is 14.5 Å². The van der Waals surface area contributed by atoms with Crippen molar-refractivity contribution in [1.29, 1.82) is 0 Å². The summed E-state index contributed by atoms with van der Waals surface area (Å²) < 4.78 is 54.7. The van der Waals surface area contributed by atoms with Crippen molar-refractivity contribution in [2.24, 2.45) is 0 Å². The molecule has 10 heteroatoms. The molecule has 1 aliphatic rings. The van der Waals surface area contributed by atoms with E-state index in [2.05, 4.69) is 0 Å². The highest BCUT2D eigenvalue weighted by Gasteiger charge is 2.46. The Morgan fingerprint density at radius 3 is 2.18 bits per heavy atom. The van der Waals surface area contributed by atoms with E-state index in [9.17, 15) is 26.8 Å². The summed E-state index contributed by atoms with van der Waals surface area (Å²) in [6.45, 7) is -0.124. The SMILES string of the molecule is O=C1CC(N(CCc2cccc(Cl)c2)S(=O)(=O)c2ccc(F)cc2)C(=O)N1c1ccc(F)cc1. The number of benzene rings is 3. The van der Waals surface area contributed by atoms with Gasteiger partial charge in [-0.3, -0.25) is 9.59 Å². The van der Waals surface area contributed by atoms with Crippen LogP contribution in [-0.4, -0.2) is 37.1 Å². The first-order valence-corrected chi connectivity index (χ1v) is 12.1. The molecular weight excluding hydrogens is 486 g/mol. The number of sulfonamides is 1. The fraction of sp³-hybridized carbons (Fsp3) is 0.167. The van der Waals surface area contributed by atoms with Crippen molar-refractivity contribution in [3.8, 4) is 0 Å². The van der Waals surface area contributed by atoms with Crippen molar-refractivity contribution in [2.75, 3.05) is 11.4 Å². The molecule has 0 N–H and O–H groups in total. The van der Waals surface area contributed by atoms with E-state index in [1.807, 2.05) is 0 Å². The van der Waals surface area contributed by atoms with E-state index in [0.717, 1.165) is 51.2 Å². The molecule has 1 saturated heterocycles. The number of nitrogens with zero attached hydrogens (tertiary/aromatic N) is 2. The van der Waals surface area contributed by atoms with Crippen LogP contribution in [0.25, 0.3) is 0 Å². The minimum absolute atomic E-state index is 0.124. The summed E-state index contributed by atoms with van der Waals surface area (Å²) in [5, 5.41) is 0.472. The van der Waals surface area contributed by atoms with Crippen molar-refractivity contribution in [3.63, 3.8) is 0 Å². The van der Waals surface area contributed by atoms with E-state index >= 15 is 0 Å². The van der Waals surface area contributed by atoms with Gasteiger partial charge in [-0.1, -0.05) is 23.7 Å². The minimum Gasteiger partial charge on any atom is -0.274 e. The lowest BCUT2D eigenvalue weighted by Gasteiger charge is -2.27. The van der Waals surface area contributed by atoms with Crippen molar-refractivity contribution < 1.29 is 26.8 Å². The molecule has 0 aliphatic carbocycles. The standard InChI is InChI=1S/C24H19ClF2N2O4S/c25-17-3-1-2-16(14-17)12-13-28(34(32,33)21-10-6-19(27)7-11-21)22-15-23(30)29(24(22)31)20-8-4-18(26)5-9-20/h1-11,14,22H,12-13,15H2. The molecule has 1 atom stereocenters. The number of amides is 2. The Balaban J connectivity index is 1.69. The normalized spacial score (nSPS) is 16.5. The first kappa shape index (κ1) is 24.0. The Bertz CT molecular complexity index is 1330. The van der Waals surface area contributed by atoms with E-state index in [4.69, 9.17) is 11.6 Å². The predicted molar refractivity (Wildman–Crippen MR) is 123 cm³/mol. The Labute approximate surface area is 200 Å². The number of hydrogen-bond acceptors (Lipinski definition) is 4. The summed E-state index contributed by atoms with van der Waals surface area (Å²) in [5.41, 5.74) is 0.881. The van der Waals surface area contributed by atoms with E-state index in [-0.39, 0.29) is 30.0 Å². The fourth-order valence-corrected chi connectivity index (χ4v) is 5.61. The van der Waals surface area contributed by atoms with Crippen molar-refractivity contribution in [2.45, 2.75) is 23.8 Å². The van der Waals surface area contributed by atoms with Gasteiger partial charge in [-0.25, -0.2) is 22.1 Å². The zero-order valence-corrected chi connectivity index (χ0v) is 19.3. The van der Waals surface area contributed by atoms with Gasteiger partial charge >= 0.3 is 0 Å².